The number of carbonyl (C=O) groups excluding carboxylic acids is 2. The summed E-state index contributed by atoms with van der Waals surface area (Å²) in [5, 5.41) is 11.7. The molecule has 3 aromatic carbocycles. The summed E-state index contributed by atoms with van der Waals surface area (Å²) in [5.41, 5.74) is 3.33. The van der Waals surface area contributed by atoms with Gasteiger partial charge in [0, 0.05) is 29.6 Å². The van der Waals surface area contributed by atoms with Crippen molar-refractivity contribution in [1.29, 1.82) is 0 Å². The molecule has 0 atom stereocenters. The van der Waals surface area contributed by atoms with Crippen LogP contribution in [0.3, 0.4) is 0 Å². The van der Waals surface area contributed by atoms with Crippen LogP contribution in [0.2, 0.25) is 0 Å². The number of carbonyl (C=O) groups is 2. The first-order valence-electron chi connectivity index (χ1n) is 13.8. The summed E-state index contributed by atoms with van der Waals surface area (Å²) in [7, 11) is -3.76. The number of aromatic hydroxyl groups is 1. The van der Waals surface area contributed by atoms with Gasteiger partial charge in [0.05, 0.1) is 54.3 Å². The molecular formula is C31H32N4O7S. The Hall–Kier alpha value is -4.68. The predicted octanol–water partition coefficient (Wildman–Crippen LogP) is 3.84. The van der Waals surface area contributed by atoms with E-state index in [1.807, 2.05) is 30.3 Å². The zero-order valence-electron chi connectivity index (χ0n) is 23.8. The van der Waals surface area contributed by atoms with Gasteiger partial charge < -0.3 is 24.5 Å². The molecule has 224 valence electrons. The number of nitrogens with one attached hydrogen (secondary N) is 1. The van der Waals surface area contributed by atoms with Gasteiger partial charge in [-0.05, 0) is 43.3 Å². The Balaban J connectivity index is 1.51. The molecule has 1 aliphatic heterocycles. The number of fused-ring (bicyclic) bond motifs is 1. The van der Waals surface area contributed by atoms with Gasteiger partial charge in [0.1, 0.15) is 6.54 Å². The fraction of sp³-hybridized carbons (Fsp3) is 0.258. The van der Waals surface area contributed by atoms with E-state index in [4.69, 9.17) is 14.5 Å². The largest absolute Gasteiger partial charge is 0.494 e. The van der Waals surface area contributed by atoms with Gasteiger partial charge in [-0.3, -0.25) is 9.10 Å². The van der Waals surface area contributed by atoms with Gasteiger partial charge >= 0.3 is 5.97 Å². The molecule has 4 aromatic rings. The maximum absolute atomic E-state index is 12.8. The molecule has 0 bridgehead atoms. The van der Waals surface area contributed by atoms with E-state index in [-0.39, 0.29) is 24.9 Å². The molecule has 1 fully saturated rings. The Labute approximate surface area is 249 Å². The first-order valence-corrected chi connectivity index (χ1v) is 15.6. The number of anilines is 1. The number of aromatic amines is 1. The van der Waals surface area contributed by atoms with Crippen molar-refractivity contribution < 1.29 is 32.6 Å². The number of benzene rings is 3. The summed E-state index contributed by atoms with van der Waals surface area (Å²) in [6.45, 7) is 3.31. The molecule has 0 saturated carbocycles. The van der Waals surface area contributed by atoms with Crippen LogP contribution in [0.15, 0.2) is 77.8 Å². The second-order valence-corrected chi connectivity index (χ2v) is 11.8. The van der Waals surface area contributed by atoms with Crippen molar-refractivity contribution >= 4 is 49.9 Å². The molecule has 12 heteroatoms. The maximum atomic E-state index is 12.8. The number of ether oxygens (including phenoxy) is 2. The summed E-state index contributed by atoms with van der Waals surface area (Å²) in [6, 6.07) is 20.8. The van der Waals surface area contributed by atoms with E-state index in [2.05, 4.69) is 4.98 Å². The Morgan fingerprint density at radius 2 is 1.72 bits per heavy atom. The van der Waals surface area contributed by atoms with Crippen molar-refractivity contribution in [3.05, 3.63) is 89.5 Å². The number of sulfonamides is 1. The van der Waals surface area contributed by atoms with Gasteiger partial charge in [-0.25, -0.2) is 18.2 Å². The summed E-state index contributed by atoms with van der Waals surface area (Å²) < 4.78 is 36.8. The Morgan fingerprint density at radius 3 is 2.37 bits per heavy atom. The first kappa shape index (κ1) is 29.8. The normalized spacial score (nSPS) is 14.1. The molecule has 2 heterocycles. The van der Waals surface area contributed by atoms with Crippen LogP contribution in [-0.2, 0) is 24.3 Å². The Kier molecular flexibility index (Phi) is 8.78. The number of H-pyrrole nitrogens is 1. The summed E-state index contributed by atoms with van der Waals surface area (Å²) in [4.78, 5) is 34.5. The highest BCUT2D eigenvalue weighted by atomic mass is 32.2. The van der Waals surface area contributed by atoms with Gasteiger partial charge in [-0.15, -0.1) is 0 Å². The SMILES string of the molecule is CCOC(=O)c1ccc2c(C(=Nc3ccc(N(CC(=O)N4CCOCC4)S(C)(=O)=O)cc3)c3ccccc3)c(O)[nH]c2c1. The number of nitrogens with zero attached hydrogens (tertiary/aromatic N) is 3. The minimum absolute atomic E-state index is 0.125. The van der Waals surface area contributed by atoms with E-state index in [0.29, 0.717) is 65.4 Å². The smallest absolute Gasteiger partial charge is 0.338 e. The molecule has 5 rings (SSSR count). The highest BCUT2D eigenvalue weighted by Gasteiger charge is 2.25. The third-order valence-electron chi connectivity index (χ3n) is 7.00. The summed E-state index contributed by atoms with van der Waals surface area (Å²) >= 11 is 0. The average Bonchev–Trinajstić information content (AvgIpc) is 3.34. The van der Waals surface area contributed by atoms with Gasteiger partial charge in [-0.2, -0.15) is 0 Å². The maximum Gasteiger partial charge on any atom is 0.338 e. The number of hydrogen-bond donors (Lipinski definition) is 2. The van der Waals surface area contributed by atoms with E-state index >= 15 is 0 Å². The topological polar surface area (TPSA) is 142 Å². The highest BCUT2D eigenvalue weighted by Crippen LogP contribution is 2.33. The van der Waals surface area contributed by atoms with Crippen molar-refractivity contribution in [3.63, 3.8) is 0 Å². The number of hydrogen-bond acceptors (Lipinski definition) is 8. The molecule has 0 unspecified atom stereocenters. The molecule has 0 aliphatic carbocycles. The molecule has 0 radical (unpaired) electrons. The Morgan fingerprint density at radius 1 is 1.02 bits per heavy atom. The first-order chi connectivity index (χ1) is 20.7. The molecule has 1 amide bonds. The van der Waals surface area contributed by atoms with Crippen molar-refractivity contribution in [2.75, 3.05) is 50.0 Å². The number of amides is 1. The van der Waals surface area contributed by atoms with Crippen LogP contribution in [0.1, 0.15) is 28.4 Å². The third kappa shape index (κ3) is 6.71. The lowest BCUT2D eigenvalue weighted by molar-refractivity contribution is -0.133. The average molecular weight is 605 g/mol. The molecule has 11 nitrogen and oxygen atoms in total. The van der Waals surface area contributed by atoms with Crippen LogP contribution in [0.4, 0.5) is 11.4 Å². The summed E-state index contributed by atoms with van der Waals surface area (Å²) in [6.07, 6.45) is 1.06. The molecule has 1 saturated heterocycles. The molecule has 1 aromatic heterocycles. The number of morpholine rings is 1. The van der Waals surface area contributed by atoms with E-state index in [1.54, 1.807) is 54.3 Å². The second-order valence-electron chi connectivity index (χ2n) is 9.94. The lowest BCUT2D eigenvalue weighted by Crippen LogP contribution is -2.47. The van der Waals surface area contributed by atoms with E-state index in [1.165, 1.54) is 0 Å². The number of esters is 1. The summed E-state index contributed by atoms with van der Waals surface area (Å²) in [5.74, 6) is -0.893. The Bertz CT molecular complexity index is 1760. The monoisotopic (exact) mass is 604 g/mol. The zero-order valence-corrected chi connectivity index (χ0v) is 24.6. The van der Waals surface area contributed by atoms with Gasteiger partial charge in [0.25, 0.3) is 0 Å². The molecule has 43 heavy (non-hydrogen) atoms. The van der Waals surface area contributed by atoms with Gasteiger partial charge in [0.2, 0.25) is 15.9 Å². The van der Waals surface area contributed by atoms with Crippen molar-refractivity contribution in [3.8, 4) is 5.88 Å². The van der Waals surface area contributed by atoms with Crippen molar-refractivity contribution in [2.24, 2.45) is 4.99 Å². The van der Waals surface area contributed by atoms with E-state index in [9.17, 15) is 23.1 Å². The molecular weight excluding hydrogens is 572 g/mol. The zero-order chi connectivity index (χ0) is 30.6. The molecule has 2 N–H and O–H groups in total. The molecule has 0 spiro atoms. The van der Waals surface area contributed by atoms with E-state index < -0.39 is 16.0 Å². The third-order valence-corrected chi connectivity index (χ3v) is 8.14. The second kappa shape index (κ2) is 12.7. The van der Waals surface area contributed by atoms with E-state index in [0.717, 1.165) is 16.1 Å². The van der Waals surface area contributed by atoms with Crippen LogP contribution in [0, 0.1) is 0 Å². The minimum atomic E-state index is -3.76. The van der Waals surface area contributed by atoms with Crippen molar-refractivity contribution in [1.82, 2.24) is 9.88 Å². The van der Waals surface area contributed by atoms with Crippen LogP contribution in [0.5, 0.6) is 5.88 Å². The number of aromatic nitrogens is 1. The van der Waals surface area contributed by atoms with Gasteiger partial charge in [-0.1, -0.05) is 36.4 Å². The fourth-order valence-electron chi connectivity index (χ4n) is 4.88. The van der Waals surface area contributed by atoms with Crippen LogP contribution in [-0.4, -0.2) is 86.7 Å². The fourth-order valence-corrected chi connectivity index (χ4v) is 5.73. The minimum Gasteiger partial charge on any atom is -0.494 e. The predicted molar refractivity (Wildman–Crippen MR) is 164 cm³/mol. The van der Waals surface area contributed by atoms with Crippen LogP contribution in [0.25, 0.3) is 10.9 Å². The number of rotatable bonds is 9. The standard InChI is InChI=1S/C31H32N4O7S/c1-3-42-31(38)22-9-14-25-26(19-22)33-30(37)28(25)29(21-7-5-4-6-8-21)32-23-10-12-24(13-11-23)35(43(2,39)40)20-27(36)34-15-17-41-18-16-34/h4-14,19,33,37H,3,15-18,20H2,1-2H3. The lowest BCUT2D eigenvalue weighted by Gasteiger charge is -2.30. The van der Waals surface area contributed by atoms with Crippen molar-refractivity contribution in [2.45, 2.75) is 6.92 Å². The van der Waals surface area contributed by atoms with Crippen LogP contribution >= 0.6 is 0 Å². The highest BCUT2D eigenvalue weighted by molar-refractivity contribution is 7.92. The molecule has 1 aliphatic rings. The lowest BCUT2D eigenvalue weighted by atomic mass is 10.00. The van der Waals surface area contributed by atoms with Gasteiger partial charge in [0.15, 0.2) is 5.88 Å². The quantitative estimate of drug-likeness (QED) is 0.218. The van der Waals surface area contributed by atoms with Crippen LogP contribution < -0.4 is 4.31 Å². The number of aliphatic imine (C=N–C) groups is 1.